The second-order valence-electron chi connectivity index (χ2n) is 6.15. The Morgan fingerprint density at radius 2 is 1.84 bits per heavy atom. The predicted octanol–water partition coefficient (Wildman–Crippen LogP) is 2.20. The van der Waals surface area contributed by atoms with Crippen LogP contribution in [0, 0.1) is 0 Å². The number of carbonyl (C=O) groups is 3. The van der Waals surface area contributed by atoms with E-state index in [1.165, 1.54) is 17.0 Å². The number of benzene rings is 1. The number of likely N-dealkylation sites (tertiary alicyclic amines) is 1. The Morgan fingerprint density at radius 1 is 1.20 bits per heavy atom. The summed E-state index contributed by atoms with van der Waals surface area (Å²) in [4.78, 5) is 38.2. The quantitative estimate of drug-likeness (QED) is 0.576. The van der Waals surface area contributed by atoms with Crippen LogP contribution in [0.25, 0.3) is 0 Å². The molecule has 1 N–H and O–H groups in total. The summed E-state index contributed by atoms with van der Waals surface area (Å²) < 4.78 is 4.92. The van der Waals surface area contributed by atoms with Crippen molar-refractivity contribution in [3.63, 3.8) is 0 Å². The highest BCUT2D eigenvalue weighted by atomic mass is 16.5. The average molecular weight is 347 g/mol. The van der Waals surface area contributed by atoms with E-state index in [0.29, 0.717) is 36.9 Å². The van der Waals surface area contributed by atoms with Gasteiger partial charge in [-0.1, -0.05) is 25.5 Å². The summed E-state index contributed by atoms with van der Waals surface area (Å²) in [6.07, 6.45) is 1.37. The number of rotatable bonds is 8. The van der Waals surface area contributed by atoms with Crippen molar-refractivity contribution in [2.75, 3.05) is 13.2 Å². The molecule has 1 aliphatic heterocycles. The molecule has 6 nitrogen and oxygen atoms in total. The molecule has 25 heavy (non-hydrogen) atoms. The van der Waals surface area contributed by atoms with Crippen LogP contribution in [-0.2, 0) is 9.53 Å². The largest absolute Gasteiger partial charge is 0.462 e. The van der Waals surface area contributed by atoms with Crippen LogP contribution in [0.5, 0.6) is 0 Å². The highest BCUT2D eigenvalue weighted by Gasteiger charge is 2.37. The first-order valence-corrected chi connectivity index (χ1v) is 8.78. The van der Waals surface area contributed by atoms with Gasteiger partial charge >= 0.3 is 5.97 Å². The minimum Gasteiger partial charge on any atom is -0.462 e. The van der Waals surface area contributed by atoms with Gasteiger partial charge in [0.1, 0.15) is 6.04 Å². The maximum absolute atomic E-state index is 12.9. The predicted molar refractivity (Wildman–Crippen MR) is 92.4 cm³/mol. The summed E-state index contributed by atoms with van der Waals surface area (Å²) in [5, 5.41) is 10.4. The van der Waals surface area contributed by atoms with E-state index in [1.54, 1.807) is 19.1 Å². The Hall–Kier alpha value is -2.21. The molecule has 1 heterocycles. The van der Waals surface area contributed by atoms with Gasteiger partial charge in [0.25, 0.3) is 0 Å². The SMILES string of the molecule is CCCC(O)C(C(=O)c1ccc(C(=O)OCC)cc1)N1CCCC1=O. The molecular weight excluding hydrogens is 322 g/mol. The summed E-state index contributed by atoms with van der Waals surface area (Å²) in [7, 11) is 0. The van der Waals surface area contributed by atoms with E-state index in [-0.39, 0.29) is 18.3 Å². The van der Waals surface area contributed by atoms with Crippen molar-refractivity contribution in [1.29, 1.82) is 0 Å². The Labute approximate surface area is 147 Å². The minimum absolute atomic E-state index is 0.100. The van der Waals surface area contributed by atoms with Crippen molar-refractivity contribution in [2.24, 2.45) is 0 Å². The number of carbonyl (C=O) groups excluding carboxylic acids is 3. The molecule has 2 unspecified atom stereocenters. The second-order valence-corrected chi connectivity index (χ2v) is 6.15. The zero-order valence-corrected chi connectivity index (χ0v) is 14.7. The third kappa shape index (κ3) is 4.45. The monoisotopic (exact) mass is 347 g/mol. The molecule has 0 saturated carbocycles. The molecule has 1 fully saturated rings. The van der Waals surface area contributed by atoms with Gasteiger partial charge in [0.05, 0.1) is 18.3 Å². The Morgan fingerprint density at radius 3 is 2.36 bits per heavy atom. The molecule has 1 aliphatic rings. The normalized spacial score (nSPS) is 16.6. The number of ether oxygens (including phenoxy) is 1. The zero-order valence-electron chi connectivity index (χ0n) is 14.7. The lowest BCUT2D eigenvalue weighted by molar-refractivity contribution is -0.130. The number of hydrogen-bond donors (Lipinski definition) is 1. The lowest BCUT2D eigenvalue weighted by atomic mass is 9.95. The van der Waals surface area contributed by atoms with Crippen molar-refractivity contribution < 1.29 is 24.2 Å². The van der Waals surface area contributed by atoms with E-state index in [9.17, 15) is 19.5 Å². The zero-order chi connectivity index (χ0) is 18.4. The van der Waals surface area contributed by atoms with E-state index in [2.05, 4.69) is 0 Å². The number of ketones is 1. The van der Waals surface area contributed by atoms with Crippen LogP contribution in [0.3, 0.4) is 0 Å². The van der Waals surface area contributed by atoms with Gasteiger partial charge in [-0.3, -0.25) is 9.59 Å². The molecule has 136 valence electrons. The van der Waals surface area contributed by atoms with Crippen LogP contribution >= 0.6 is 0 Å². The van der Waals surface area contributed by atoms with Crippen LogP contribution < -0.4 is 0 Å². The molecule has 0 aliphatic carbocycles. The molecular formula is C19H25NO5. The molecule has 2 rings (SSSR count). The van der Waals surface area contributed by atoms with E-state index < -0.39 is 18.1 Å². The molecule has 0 bridgehead atoms. The lowest BCUT2D eigenvalue weighted by Crippen LogP contribution is -2.49. The Balaban J connectivity index is 2.23. The maximum atomic E-state index is 12.9. The molecule has 1 aromatic carbocycles. The number of hydrogen-bond acceptors (Lipinski definition) is 5. The van der Waals surface area contributed by atoms with Gasteiger partial charge in [0.2, 0.25) is 5.91 Å². The van der Waals surface area contributed by atoms with E-state index in [4.69, 9.17) is 4.74 Å². The van der Waals surface area contributed by atoms with Gasteiger partial charge < -0.3 is 14.7 Å². The van der Waals surface area contributed by atoms with Crippen molar-refractivity contribution in [3.05, 3.63) is 35.4 Å². The molecule has 1 amide bonds. The second kappa shape index (κ2) is 8.76. The van der Waals surface area contributed by atoms with Gasteiger partial charge in [-0.15, -0.1) is 0 Å². The fourth-order valence-electron chi connectivity index (χ4n) is 3.10. The van der Waals surface area contributed by atoms with E-state index in [0.717, 1.165) is 6.42 Å². The number of Topliss-reactive ketones (excluding diaryl/α,β-unsaturated/α-hetero) is 1. The lowest BCUT2D eigenvalue weighted by Gasteiger charge is -2.30. The number of nitrogens with zero attached hydrogens (tertiary/aromatic N) is 1. The molecule has 0 spiro atoms. The van der Waals surface area contributed by atoms with Gasteiger partial charge in [-0.05, 0) is 31.9 Å². The van der Waals surface area contributed by atoms with Crippen molar-refractivity contribution in [2.45, 2.75) is 51.7 Å². The first-order valence-electron chi connectivity index (χ1n) is 8.78. The Bertz CT molecular complexity index is 625. The van der Waals surface area contributed by atoms with Crippen LogP contribution in [0.4, 0.5) is 0 Å². The van der Waals surface area contributed by atoms with Crippen molar-refractivity contribution >= 4 is 17.7 Å². The third-order valence-electron chi connectivity index (χ3n) is 4.34. The summed E-state index contributed by atoms with van der Waals surface area (Å²) in [5.41, 5.74) is 0.731. The van der Waals surface area contributed by atoms with Crippen molar-refractivity contribution in [1.82, 2.24) is 4.90 Å². The van der Waals surface area contributed by atoms with Crippen LogP contribution in [0.15, 0.2) is 24.3 Å². The first kappa shape index (κ1) is 19.1. The summed E-state index contributed by atoms with van der Waals surface area (Å²) in [5.74, 6) is -0.845. The molecule has 1 saturated heterocycles. The third-order valence-corrected chi connectivity index (χ3v) is 4.34. The smallest absolute Gasteiger partial charge is 0.338 e. The maximum Gasteiger partial charge on any atom is 0.338 e. The highest BCUT2D eigenvalue weighted by Crippen LogP contribution is 2.22. The average Bonchev–Trinajstić information content (AvgIpc) is 3.01. The van der Waals surface area contributed by atoms with Crippen LogP contribution in [0.1, 0.15) is 60.2 Å². The van der Waals surface area contributed by atoms with Gasteiger partial charge in [0, 0.05) is 18.5 Å². The standard InChI is InChI=1S/C19H25NO5/c1-3-6-15(21)17(20-12-5-7-16(20)22)18(23)13-8-10-14(11-9-13)19(24)25-4-2/h8-11,15,17,21H,3-7,12H2,1-2H3. The fourth-order valence-corrected chi connectivity index (χ4v) is 3.10. The number of aliphatic hydroxyl groups is 1. The van der Waals surface area contributed by atoms with Gasteiger partial charge in [0.15, 0.2) is 5.78 Å². The summed E-state index contributed by atoms with van der Waals surface area (Å²) in [6.45, 7) is 4.41. The van der Waals surface area contributed by atoms with Crippen molar-refractivity contribution in [3.8, 4) is 0 Å². The van der Waals surface area contributed by atoms with E-state index in [1.807, 2.05) is 6.92 Å². The molecule has 0 radical (unpaired) electrons. The number of aliphatic hydroxyl groups excluding tert-OH is 1. The first-order chi connectivity index (χ1) is 12.0. The van der Waals surface area contributed by atoms with Crippen LogP contribution in [-0.4, -0.2) is 53.0 Å². The highest BCUT2D eigenvalue weighted by molar-refractivity contribution is 6.03. The minimum atomic E-state index is -0.899. The number of esters is 1. The summed E-state index contributed by atoms with van der Waals surface area (Å²) in [6, 6.07) is 5.27. The topological polar surface area (TPSA) is 83.9 Å². The fraction of sp³-hybridized carbons (Fsp3) is 0.526. The van der Waals surface area contributed by atoms with Crippen LogP contribution in [0.2, 0.25) is 0 Å². The molecule has 2 atom stereocenters. The Kier molecular flexibility index (Phi) is 6.70. The van der Waals surface area contributed by atoms with Gasteiger partial charge in [-0.2, -0.15) is 0 Å². The summed E-state index contributed by atoms with van der Waals surface area (Å²) >= 11 is 0. The molecule has 1 aromatic rings. The molecule has 0 aromatic heterocycles. The number of amides is 1. The van der Waals surface area contributed by atoms with E-state index >= 15 is 0 Å². The molecule has 6 heteroatoms. The van der Waals surface area contributed by atoms with Gasteiger partial charge in [-0.25, -0.2) is 4.79 Å².